The fourth-order valence-electron chi connectivity index (χ4n) is 3.82. The van der Waals surface area contributed by atoms with Crippen LogP contribution in [0.15, 0.2) is 36.4 Å². The molecular weight excluding hydrogens is 559 g/mol. The average molecular weight is 593 g/mol. The summed E-state index contributed by atoms with van der Waals surface area (Å²) in [7, 11) is -3.85. The molecule has 0 radical (unpaired) electrons. The third kappa shape index (κ3) is 9.10. The van der Waals surface area contributed by atoms with E-state index in [2.05, 4.69) is 5.32 Å². The molecule has 1 unspecified atom stereocenters. The molecule has 0 heterocycles. The van der Waals surface area contributed by atoms with Crippen molar-refractivity contribution in [1.29, 1.82) is 0 Å². The number of halogens is 4. The molecular formula is C26H33Cl2F2N3O4S. The minimum Gasteiger partial charge on any atom is -0.354 e. The van der Waals surface area contributed by atoms with Gasteiger partial charge in [-0.15, -0.1) is 0 Å². The molecule has 0 aliphatic carbocycles. The summed E-state index contributed by atoms with van der Waals surface area (Å²) in [6.45, 7) is 6.10. The molecule has 0 spiro atoms. The van der Waals surface area contributed by atoms with Crippen molar-refractivity contribution < 1.29 is 26.8 Å². The first-order valence-electron chi connectivity index (χ1n) is 12.2. The Morgan fingerprint density at radius 3 is 2.26 bits per heavy atom. The molecule has 0 aliphatic rings. The zero-order chi connectivity index (χ0) is 28.6. The second kappa shape index (κ2) is 14.1. The molecule has 2 aromatic carbocycles. The summed E-state index contributed by atoms with van der Waals surface area (Å²) in [5, 5.41) is 3.53. The molecule has 0 fully saturated rings. The molecule has 12 heteroatoms. The topological polar surface area (TPSA) is 86.8 Å². The predicted molar refractivity (Wildman–Crippen MR) is 147 cm³/mol. The Bertz CT molecular complexity index is 1240. The quantitative estimate of drug-likeness (QED) is 0.338. The molecule has 38 heavy (non-hydrogen) atoms. The van der Waals surface area contributed by atoms with Gasteiger partial charge in [-0.1, -0.05) is 50.0 Å². The number of carbonyl (C=O) groups excluding carboxylic acids is 2. The highest BCUT2D eigenvalue weighted by Crippen LogP contribution is 2.25. The SMILES string of the molecule is CCC(C(=O)NCC(C)C)N(Cc1ccc(Cl)c(Cl)c1)C(=O)CCCN(c1ccc(F)c(F)c1)S(C)(=O)=O. The molecule has 0 aliphatic heterocycles. The molecule has 0 saturated carbocycles. The van der Waals surface area contributed by atoms with Crippen molar-refractivity contribution in [2.24, 2.45) is 5.92 Å². The van der Waals surface area contributed by atoms with Crippen molar-refractivity contribution in [3.05, 3.63) is 63.6 Å². The number of nitrogens with zero attached hydrogens (tertiary/aromatic N) is 2. The summed E-state index contributed by atoms with van der Waals surface area (Å²) < 4.78 is 52.7. The molecule has 1 N–H and O–H groups in total. The van der Waals surface area contributed by atoms with E-state index in [1.54, 1.807) is 25.1 Å². The molecule has 210 valence electrons. The van der Waals surface area contributed by atoms with Gasteiger partial charge in [0, 0.05) is 32.1 Å². The maximum Gasteiger partial charge on any atom is 0.242 e. The molecule has 0 saturated heterocycles. The van der Waals surface area contributed by atoms with Gasteiger partial charge in [0.15, 0.2) is 11.6 Å². The first kappa shape index (κ1) is 31.8. The van der Waals surface area contributed by atoms with Crippen LogP contribution in [-0.2, 0) is 26.2 Å². The minimum absolute atomic E-state index is 0.0500. The molecule has 2 amide bonds. The number of sulfonamides is 1. The summed E-state index contributed by atoms with van der Waals surface area (Å²) in [4.78, 5) is 27.8. The fraction of sp³-hybridized carbons (Fsp3) is 0.462. The van der Waals surface area contributed by atoms with Gasteiger partial charge in [0.1, 0.15) is 6.04 Å². The van der Waals surface area contributed by atoms with Gasteiger partial charge in [-0.05, 0) is 48.6 Å². The Hall–Kier alpha value is -2.43. The normalized spacial score (nSPS) is 12.3. The largest absolute Gasteiger partial charge is 0.354 e. The van der Waals surface area contributed by atoms with Crippen molar-refractivity contribution in [3.63, 3.8) is 0 Å². The second-order valence-electron chi connectivity index (χ2n) is 9.37. The van der Waals surface area contributed by atoms with Crippen LogP contribution in [0.1, 0.15) is 45.6 Å². The summed E-state index contributed by atoms with van der Waals surface area (Å²) in [5.41, 5.74) is 0.619. The minimum atomic E-state index is -3.85. The van der Waals surface area contributed by atoms with Crippen LogP contribution in [-0.4, -0.2) is 50.5 Å². The smallest absolute Gasteiger partial charge is 0.242 e. The predicted octanol–water partition coefficient (Wildman–Crippen LogP) is 5.40. The number of hydrogen-bond donors (Lipinski definition) is 1. The number of carbonyl (C=O) groups is 2. The zero-order valence-electron chi connectivity index (χ0n) is 21.8. The Balaban J connectivity index is 2.25. The van der Waals surface area contributed by atoms with E-state index in [-0.39, 0.29) is 49.4 Å². The lowest BCUT2D eigenvalue weighted by atomic mass is 10.1. The highest BCUT2D eigenvalue weighted by Gasteiger charge is 2.29. The van der Waals surface area contributed by atoms with Gasteiger partial charge in [0.25, 0.3) is 0 Å². The van der Waals surface area contributed by atoms with E-state index in [4.69, 9.17) is 23.2 Å². The number of hydrogen-bond acceptors (Lipinski definition) is 4. The van der Waals surface area contributed by atoms with Gasteiger partial charge < -0.3 is 10.2 Å². The van der Waals surface area contributed by atoms with E-state index in [1.165, 1.54) is 4.90 Å². The second-order valence-corrected chi connectivity index (χ2v) is 12.1. The third-order valence-corrected chi connectivity index (χ3v) is 7.68. The van der Waals surface area contributed by atoms with Gasteiger partial charge in [-0.2, -0.15) is 0 Å². The Kier molecular flexibility index (Phi) is 11.8. The molecule has 2 aromatic rings. The van der Waals surface area contributed by atoms with Gasteiger partial charge in [0.2, 0.25) is 21.8 Å². The maximum absolute atomic E-state index is 13.7. The van der Waals surface area contributed by atoms with Crippen molar-refractivity contribution in [3.8, 4) is 0 Å². The van der Waals surface area contributed by atoms with Crippen LogP contribution in [0.25, 0.3) is 0 Å². The zero-order valence-corrected chi connectivity index (χ0v) is 24.1. The molecule has 0 bridgehead atoms. The number of rotatable bonds is 13. The maximum atomic E-state index is 13.7. The third-order valence-electron chi connectivity index (χ3n) is 5.75. The van der Waals surface area contributed by atoms with Crippen LogP contribution >= 0.6 is 23.2 Å². The van der Waals surface area contributed by atoms with Gasteiger partial charge in [-0.3, -0.25) is 13.9 Å². The van der Waals surface area contributed by atoms with Crippen molar-refractivity contribution in [2.75, 3.05) is 23.7 Å². The van der Waals surface area contributed by atoms with E-state index in [1.807, 2.05) is 13.8 Å². The highest BCUT2D eigenvalue weighted by atomic mass is 35.5. The lowest BCUT2D eigenvalue weighted by molar-refractivity contribution is -0.141. The summed E-state index contributed by atoms with van der Waals surface area (Å²) >= 11 is 12.2. The molecule has 7 nitrogen and oxygen atoms in total. The molecule has 0 aromatic heterocycles. The Morgan fingerprint density at radius 1 is 1.03 bits per heavy atom. The molecule has 1 atom stereocenters. The van der Waals surface area contributed by atoms with Gasteiger partial charge >= 0.3 is 0 Å². The van der Waals surface area contributed by atoms with Crippen molar-refractivity contribution >= 4 is 50.7 Å². The average Bonchev–Trinajstić information content (AvgIpc) is 2.83. The first-order valence-corrected chi connectivity index (χ1v) is 14.8. The van der Waals surface area contributed by atoms with Crippen LogP contribution in [0.4, 0.5) is 14.5 Å². The molecule has 2 rings (SSSR count). The van der Waals surface area contributed by atoms with E-state index in [9.17, 15) is 26.8 Å². The number of amides is 2. The van der Waals surface area contributed by atoms with E-state index < -0.39 is 27.7 Å². The van der Waals surface area contributed by atoms with Crippen LogP contribution in [0.5, 0.6) is 0 Å². The Labute approximate surface area is 233 Å². The summed E-state index contributed by atoms with van der Waals surface area (Å²) in [6, 6.07) is 6.96. The van der Waals surface area contributed by atoms with Crippen LogP contribution in [0, 0.1) is 17.6 Å². The Morgan fingerprint density at radius 2 is 1.71 bits per heavy atom. The van der Waals surface area contributed by atoms with Crippen LogP contribution in [0.2, 0.25) is 10.0 Å². The summed E-state index contributed by atoms with van der Waals surface area (Å²) in [5.74, 6) is -2.74. The fourth-order valence-corrected chi connectivity index (χ4v) is 5.10. The van der Waals surface area contributed by atoms with Crippen LogP contribution < -0.4 is 9.62 Å². The van der Waals surface area contributed by atoms with E-state index in [0.29, 0.717) is 28.6 Å². The van der Waals surface area contributed by atoms with E-state index in [0.717, 1.165) is 28.8 Å². The lowest BCUT2D eigenvalue weighted by Crippen LogP contribution is -2.49. The monoisotopic (exact) mass is 591 g/mol. The van der Waals surface area contributed by atoms with Crippen LogP contribution in [0.3, 0.4) is 0 Å². The van der Waals surface area contributed by atoms with Crippen molar-refractivity contribution in [2.45, 2.75) is 52.6 Å². The number of benzene rings is 2. The van der Waals surface area contributed by atoms with E-state index >= 15 is 0 Å². The summed E-state index contributed by atoms with van der Waals surface area (Å²) in [6.07, 6.45) is 1.28. The van der Waals surface area contributed by atoms with Crippen molar-refractivity contribution in [1.82, 2.24) is 10.2 Å². The van der Waals surface area contributed by atoms with Gasteiger partial charge in [-0.25, -0.2) is 17.2 Å². The number of anilines is 1. The number of nitrogens with one attached hydrogen (secondary N) is 1. The lowest BCUT2D eigenvalue weighted by Gasteiger charge is -2.31. The van der Waals surface area contributed by atoms with Gasteiger partial charge in [0.05, 0.1) is 22.0 Å². The first-order chi connectivity index (χ1) is 17.7. The highest BCUT2D eigenvalue weighted by molar-refractivity contribution is 7.92. The standard InChI is InChI=1S/C26H33Cl2F2N3O4S/c1-5-24(26(35)31-15-17(2)3)32(16-18-8-10-20(27)21(28)13-18)25(34)7-6-12-33(38(4,36)37)19-9-11-22(29)23(30)14-19/h8-11,13-14,17,24H,5-7,12,15-16H2,1-4H3,(H,31,35).